The SMILES string of the molecule is O=C(Nc1cc(-c2cccs2)nn1-c1nc2c(c(=O)[nH]1)CCCC2)c1ccc([N+](=O)[O-])cc1. The van der Waals surface area contributed by atoms with Crippen molar-refractivity contribution in [1.82, 2.24) is 19.7 Å². The van der Waals surface area contributed by atoms with Crippen LogP contribution in [0.4, 0.5) is 11.5 Å². The molecule has 0 saturated heterocycles. The predicted octanol–water partition coefficient (Wildman–Crippen LogP) is 3.72. The molecule has 166 valence electrons. The molecule has 0 bridgehead atoms. The molecule has 1 amide bonds. The number of carbonyl (C=O) groups excluding carboxylic acids is 1. The van der Waals surface area contributed by atoms with E-state index in [0.717, 1.165) is 29.8 Å². The highest BCUT2D eigenvalue weighted by Gasteiger charge is 2.21. The first-order chi connectivity index (χ1) is 16.0. The number of aromatic amines is 1. The van der Waals surface area contributed by atoms with Crippen molar-refractivity contribution in [1.29, 1.82) is 0 Å². The van der Waals surface area contributed by atoms with Gasteiger partial charge in [0.1, 0.15) is 11.5 Å². The van der Waals surface area contributed by atoms with Crippen LogP contribution in [0.2, 0.25) is 0 Å². The van der Waals surface area contributed by atoms with Gasteiger partial charge in [0.15, 0.2) is 0 Å². The quantitative estimate of drug-likeness (QED) is 0.343. The molecule has 2 N–H and O–H groups in total. The van der Waals surface area contributed by atoms with Gasteiger partial charge in [-0.2, -0.15) is 9.78 Å². The van der Waals surface area contributed by atoms with Crippen molar-refractivity contribution in [2.24, 2.45) is 0 Å². The molecule has 33 heavy (non-hydrogen) atoms. The fraction of sp³-hybridized carbons (Fsp3) is 0.182. The summed E-state index contributed by atoms with van der Waals surface area (Å²) in [5.41, 5.74) is 2.01. The van der Waals surface area contributed by atoms with Gasteiger partial charge in [0.05, 0.1) is 15.5 Å². The first-order valence-electron chi connectivity index (χ1n) is 10.3. The molecular formula is C22H18N6O4S. The largest absolute Gasteiger partial charge is 0.306 e. The number of hydrogen-bond donors (Lipinski definition) is 2. The van der Waals surface area contributed by atoms with E-state index in [1.165, 1.54) is 40.3 Å². The number of non-ortho nitro benzene ring substituents is 1. The van der Waals surface area contributed by atoms with Crippen molar-refractivity contribution in [3.05, 3.63) is 85.1 Å². The monoisotopic (exact) mass is 462 g/mol. The number of aryl methyl sites for hydroxylation is 1. The lowest BCUT2D eigenvalue weighted by Crippen LogP contribution is -2.24. The molecule has 3 aromatic heterocycles. The van der Waals surface area contributed by atoms with E-state index in [0.29, 0.717) is 23.5 Å². The Morgan fingerprint density at radius 2 is 1.97 bits per heavy atom. The molecule has 0 unspecified atom stereocenters. The maximum Gasteiger partial charge on any atom is 0.269 e. The number of fused-ring (bicyclic) bond motifs is 1. The zero-order valence-electron chi connectivity index (χ0n) is 17.3. The summed E-state index contributed by atoms with van der Waals surface area (Å²) < 4.78 is 1.41. The highest BCUT2D eigenvalue weighted by Crippen LogP contribution is 2.28. The number of nitro groups is 1. The number of nitrogens with one attached hydrogen (secondary N) is 2. The van der Waals surface area contributed by atoms with Crippen molar-refractivity contribution in [3.63, 3.8) is 0 Å². The van der Waals surface area contributed by atoms with E-state index in [4.69, 9.17) is 0 Å². The molecule has 4 aromatic rings. The second-order valence-corrected chi connectivity index (χ2v) is 8.53. The molecule has 0 fully saturated rings. The van der Waals surface area contributed by atoms with Gasteiger partial charge < -0.3 is 5.32 Å². The lowest BCUT2D eigenvalue weighted by molar-refractivity contribution is -0.384. The zero-order valence-corrected chi connectivity index (χ0v) is 18.1. The summed E-state index contributed by atoms with van der Waals surface area (Å²) in [5.74, 6) is 0.0761. The van der Waals surface area contributed by atoms with E-state index < -0.39 is 10.8 Å². The van der Waals surface area contributed by atoms with Crippen LogP contribution in [0.5, 0.6) is 0 Å². The Labute approximate surface area is 191 Å². The summed E-state index contributed by atoms with van der Waals surface area (Å²) >= 11 is 1.49. The van der Waals surface area contributed by atoms with Gasteiger partial charge in [0.2, 0.25) is 5.95 Å². The Balaban J connectivity index is 1.54. The molecule has 1 aliphatic carbocycles. The standard InChI is InChI=1S/C22H18N6O4S/c29-20(13-7-9-14(10-8-13)28(31)32)24-19-12-17(18-6-3-11-33-18)26-27(19)22-23-16-5-2-1-4-15(16)21(30)25-22/h3,6-12H,1-2,4-5H2,(H,24,29)(H,23,25,30). The number of thiophene rings is 1. The third-order valence-electron chi connectivity index (χ3n) is 5.44. The van der Waals surface area contributed by atoms with Crippen LogP contribution < -0.4 is 10.9 Å². The lowest BCUT2D eigenvalue weighted by atomic mass is 9.97. The summed E-state index contributed by atoms with van der Waals surface area (Å²) in [6.45, 7) is 0. The number of hydrogen-bond acceptors (Lipinski definition) is 7. The Kier molecular flexibility index (Phi) is 5.31. The normalized spacial score (nSPS) is 12.8. The molecule has 3 heterocycles. The van der Waals surface area contributed by atoms with E-state index in [-0.39, 0.29) is 22.8 Å². The Hall–Kier alpha value is -4.12. The van der Waals surface area contributed by atoms with Crippen LogP contribution in [-0.2, 0) is 12.8 Å². The van der Waals surface area contributed by atoms with Gasteiger partial charge in [-0.15, -0.1) is 11.3 Å². The van der Waals surface area contributed by atoms with Gasteiger partial charge in [-0.3, -0.25) is 24.7 Å². The van der Waals surface area contributed by atoms with E-state index in [1.54, 1.807) is 6.07 Å². The Morgan fingerprint density at radius 3 is 2.70 bits per heavy atom. The van der Waals surface area contributed by atoms with E-state index in [9.17, 15) is 19.7 Å². The average Bonchev–Trinajstić information content (AvgIpc) is 3.49. The van der Waals surface area contributed by atoms with Gasteiger partial charge in [0, 0.05) is 29.3 Å². The first kappa shape index (κ1) is 20.8. The van der Waals surface area contributed by atoms with Gasteiger partial charge in [0.25, 0.3) is 17.2 Å². The van der Waals surface area contributed by atoms with Gasteiger partial charge in [-0.1, -0.05) is 6.07 Å². The summed E-state index contributed by atoms with van der Waals surface area (Å²) in [7, 11) is 0. The van der Waals surface area contributed by atoms with Crippen LogP contribution in [0, 0.1) is 10.1 Å². The highest BCUT2D eigenvalue weighted by atomic mass is 32.1. The van der Waals surface area contributed by atoms with Gasteiger partial charge in [-0.05, 0) is 49.3 Å². The van der Waals surface area contributed by atoms with Gasteiger partial charge in [-0.25, -0.2) is 4.98 Å². The summed E-state index contributed by atoms with van der Waals surface area (Å²) in [6, 6.07) is 10.8. The molecule has 5 rings (SSSR count). The predicted molar refractivity (Wildman–Crippen MR) is 123 cm³/mol. The van der Waals surface area contributed by atoms with Crippen molar-refractivity contribution < 1.29 is 9.72 Å². The minimum Gasteiger partial charge on any atom is -0.306 e. The maximum absolute atomic E-state index is 12.9. The molecular weight excluding hydrogens is 444 g/mol. The summed E-state index contributed by atoms with van der Waals surface area (Å²) in [6.07, 6.45) is 3.33. The molecule has 11 heteroatoms. The second-order valence-electron chi connectivity index (χ2n) is 7.58. The number of carbonyl (C=O) groups is 1. The smallest absolute Gasteiger partial charge is 0.269 e. The molecule has 0 aliphatic heterocycles. The van der Waals surface area contributed by atoms with Crippen LogP contribution >= 0.6 is 11.3 Å². The third kappa shape index (κ3) is 4.05. The minimum absolute atomic E-state index is 0.104. The van der Waals surface area contributed by atoms with Crippen molar-refractivity contribution in [2.45, 2.75) is 25.7 Å². The number of nitrogens with zero attached hydrogens (tertiary/aromatic N) is 4. The molecule has 0 radical (unpaired) electrons. The average molecular weight is 462 g/mol. The van der Waals surface area contributed by atoms with Gasteiger partial charge >= 0.3 is 0 Å². The van der Waals surface area contributed by atoms with Crippen molar-refractivity contribution >= 4 is 28.7 Å². The maximum atomic E-state index is 12.9. The number of nitro benzene ring substituents is 1. The highest BCUT2D eigenvalue weighted by molar-refractivity contribution is 7.13. The molecule has 0 saturated carbocycles. The molecule has 0 atom stereocenters. The number of aromatic nitrogens is 4. The van der Waals surface area contributed by atoms with Crippen LogP contribution in [0.1, 0.15) is 34.5 Å². The number of rotatable bonds is 5. The Bertz CT molecular complexity index is 1410. The molecule has 1 aliphatic rings. The zero-order chi connectivity index (χ0) is 22.9. The number of H-pyrrole nitrogens is 1. The topological polar surface area (TPSA) is 136 Å². The summed E-state index contributed by atoms with van der Waals surface area (Å²) in [5, 5.41) is 20.2. The third-order valence-corrected chi connectivity index (χ3v) is 6.34. The van der Waals surface area contributed by atoms with Crippen molar-refractivity contribution in [2.75, 3.05) is 5.32 Å². The molecule has 0 spiro atoms. The number of amides is 1. The molecule has 10 nitrogen and oxygen atoms in total. The van der Waals surface area contributed by atoms with E-state index >= 15 is 0 Å². The fourth-order valence-corrected chi connectivity index (χ4v) is 4.47. The summed E-state index contributed by atoms with van der Waals surface area (Å²) in [4.78, 5) is 44.2. The molecule has 1 aromatic carbocycles. The Morgan fingerprint density at radius 1 is 1.18 bits per heavy atom. The fourth-order valence-electron chi connectivity index (χ4n) is 3.79. The lowest BCUT2D eigenvalue weighted by Gasteiger charge is -2.15. The van der Waals surface area contributed by atoms with Crippen LogP contribution in [0.3, 0.4) is 0 Å². The second kappa shape index (κ2) is 8.43. The van der Waals surface area contributed by atoms with Crippen LogP contribution in [0.25, 0.3) is 16.5 Å². The minimum atomic E-state index is -0.526. The van der Waals surface area contributed by atoms with Crippen LogP contribution in [-0.4, -0.2) is 30.6 Å². The van der Waals surface area contributed by atoms with E-state index in [1.807, 2.05) is 17.5 Å². The van der Waals surface area contributed by atoms with Crippen molar-refractivity contribution in [3.8, 4) is 16.5 Å². The van der Waals surface area contributed by atoms with Crippen LogP contribution in [0.15, 0.2) is 52.6 Å². The van der Waals surface area contributed by atoms with E-state index in [2.05, 4.69) is 20.4 Å². The number of anilines is 1. The number of benzene rings is 1. The first-order valence-corrected chi connectivity index (χ1v) is 11.2.